The molecule has 2 aromatic rings. The van der Waals surface area contributed by atoms with Crippen molar-refractivity contribution in [2.75, 3.05) is 0 Å². The summed E-state index contributed by atoms with van der Waals surface area (Å²) in [5, 5.41) is 12.5. The van der Waals surface area contributed by atoms with Crippen LogP contribution in [-0.4, -0.2) is 11.0 Å². The van der Waals surface area contributed by atoms with E-state index in [0.29, 0.717) is 10.0 Å². The average Bonchev–Trinajstić information content (AvgIpc) is 2.38. The molecule has 0 aliphatic carbocycles. The number of hydrogen-bond donors (Lipinski definition) is 2. The fraction of sp³-hybridized carbons (Fsp3) is 0.133. The van der Waals surface area contributed by atoms with Crippen LogP contribution in [0.1, 0.15) is 28.9 Å². The molecule has 2 aromatic carbocycles. The Morgan fingerprint density at radius 2 is 2.05 bits per heavy atom. The smallest absolute Gasteiger partial charge is 0.255 e. The third-order valence-corrected chi connectivity index (χ3v) is 3.39. The van der Waals surface area contributed by atoms with Crippen molar-refractivity contribution >= 4 is 21.8 Å². The monoisotopic (exact) mass is 337 g/mol. The summed E-state index contributed by atoms with van der Waals surface area (Å²) >= 11 is 3.21. The quantitative estimate of drug-likeness (QED) is 0.895. The molecule has 0 bridgehead atoms. The first-order valence-corrected chi connectivity index (χ1v) is 6.81. The van der Waals surface area contributed by atoms with Crippen molar-refractivity contribution in [3.8, 4) is 5.75 Å². The Hall–Kier alpha value is -1.88. The fourth-order valence-electron chi connectivity index (χ4n) is 1.83. The predicted molar refractivity (Wildman–Crippen MR) is 78.1 cm³/mol. The van der Waals surface area contributed by atoms with Crippen molar-refractivity contribution in [3.05, 3.63) is 63.9 Å². The van der Waals surface area contributed by atoms with Gasteiger partial charge in [0.25, 0.3) is 5.91 Å². The molecule has 1 atom stereocenters. The minimum absolute atomic E-state index is 0.108. The van der Waals surface area contributed by atoms with Crippen LogP contribution in [0.15, 0.2) is 46.9 Å². The van der Waals surface area contributed by atoms with Crippen molar-refractivity contribution < 1.29 is 14.3 Å². The van der Waals surface area contributed by atoms with E-state index in [1.165, 1.54) is 24.3 Å². The molecule has 0 saturated heterocycles. The van der Waals surface area contributed by atoms with Crippen LogP contribution < -0.4 is 5.32 Å². The third kappa shape index (κ3) is 3.36. The van der Waals surface area contributed by atoms with Crippen LogP contribution in [0.5, 0.6) is 5.75 Å². The van der Waals surface area contributed by atoms with Gasteiger partial charge in [0.2, 0.25) is 0 Å². The Morgan fingerprint density at radius 1 is 1.30 bits per heavy atom. The molecule has 0 saturated carbocycles. The normalized spacial score (nSPS) is 11.9. The third-order valence-electron chi connectivity index (χ3n) is 2.90. The van der Waals surface area contributed by atoms with Crippen LogP contribution >= 0.6 is 15.9 Å². The van der Waals surface area contributed by atoms with Gasteiger partial charge < -0.3 is 10.4 Å². The number of carbonyl (C=O) groups is 1. The molecule has 2 rings (SSSR count). The number of amides is 1. The van der Waals surface area contributed by atoms with Gasteiger partial charge in [0.05, 0.1) is 11.6 Å². The number of phenolic OH excluding ortho intramolecular Hbond substituents is 1. The molecule has 0 fully saturated rings. The molecule has 2 N–H and O–H groups in total. The van der Waals surface area contributed by atoms with Gasteiger partial charge in [-0.3, -0.25) is 4.79 Å². The molecule has 0 spiro atoms. The highest BCUT2D eigenvalue weighted by atomic mass is 79.9. The van der Waals surface area contributed by atoms with Crippen LogP contribution in [0.25, 0.3) is 0 Å². The van der Waals surface area contributed by atoms with Gasteiger partial charge in [0, 0.05) is 4.47 Å². The first kappa shape index (κ1) is 14.5. The summed E-state index contributed by atoms with van der Waals surface area (Å²) in [6.07, 6.45) is 0. The van der Waals surface area contributed by atoms with Crippen molar-refractivity contribution in [1.29, 1.82) is 0 Å². The van der Waals surface area contributed by atoms with Gasteiger partial charge in [-0.2, -0.15) is 0 Å². The van der Waals surface area contributed by atoms with Gasteiger partial charge in [-0.05, 0) is 42.8 Å². The number of nitrogens with one attached hydrogen (secondary N) is 1. The lowest BCUT2D eigenvalue weighted by Crippen LogP contribution is -2.26. The molecule has 1 amide bonds. The van der Waals surface area contributed by atoms with E-state index < -0.39 is 5.91 Å². The molecule has 0 aliphatic rings. The van der Waals surface area contributed by atoms with Crippen LogP contribution in [-0.2, 0) is 0 Å². The van der Waals surface area contributed by atoms with Crippen molar-refractivity contribution in [2.45, 2.75) is 13.0 Å². The Morgan fingerprint density at radius 3 is 2.70 bits per heavy atom. The van der Waals surface area contributed by atoms with Crippen LogP contribution in [0, 0.1) is 5.82 Å². The largest absolute Gasteiger partial charge is 0.507 e. The molecule has 104 valence electrons. The topological polar surface area (TPSA) is 49.3 Å². The second kappa shape index (κ2) is 6.05. The summed E-state index contributed by atoms with van der Waals surface area (Å²) in [5.74, 6) is -0.870. The summed E-state index contributed by atoms with van der Waals surface area (Å²) in [4.78, 5) is 12.1. The van der Waals surface area contributed by atoms with E-state index in [-0.39, 0.29) is 23.2 Å². The fourth-order valence-corrected chi connectivity index (χ4v) is 2.18. The number of phenols is 1. The Bertz CT molecular complexity index is 646. The zero-order chi connectivity index (χ0) is 14.7. The minimum atomic E-state index is -0.410. The van der Waals surface area contributed by atoms with E-state index in [9.17, 15) is 14.3 Å². The molecule has 5 heteroatoms. The van der Waals surface area contributed by atoms with Crippen molar-refractivity contribution in [3.63, 3.8) is 0 Å². The molecule has 0 radical (unpaired) electrons. The SMILES string of the molecule is CC(NC(=O)c1ccc(Br)cc1O)c1cccc(F)c1. The number of hydrogen-bond acceptors (Lipinski definition) is 2. The summed E-state index contributed by atoms with van der Waals surface area (Å²) < 4.78 is 13.8. The molecule has 1 unspecified atom stereocenters. The Balaban J connectivity index is 2.15. The summed E-state index contributed by atoms with van der Waals surface area (Å²) in [6.45, 7) is 1.75. The van der Waals surface area contributed by atoms with Gasteiger partial charge in [-0.25, -0.2) is 4.39 Å². The minimum Gasteiger partial charge on any atom is -0.507 e. The molecular weight excluding hydrogens is 325 g/mol. The maximum atomic E-state index is 13.1. The number of rotatable bonds is 3. The molecule has 3 nitrogen and oxygen atoms in total. The number of halogens is 2. The van der Waals surface area contributed by atoms with Gasteiger partial charge >= 0.3 is 0 Å². The lowest BCUT2D eigenvalue weighted by atomic mass is 10.1. The van der Waals surface area contributed by atoms with Gasteiger partial charge in [0.15, 0.2) is 0 Å². The predicted octanol–water partition coefficient (Wildman–Crippen LogP) is 3.78. The maximum Gasteiger partial charge on any atom is 0.255 e. The Labute approximate surface area is 124 Å². The second-order valence-corrected chi connectivity index (χ2v) is 5.33. The molecule has 0 aromatic heterocycles. The highest BCUT2D eigenvalue weighted by Crippen LogP contribution is 2.23. The van der Waals surface area contributed by atoms with Crippen molar-refractivity contribution in [1.82, 2.24) is 5.32 Å². The highest BCUT2D eigenvalue weighted by molar-refractivity contribution is 9.10. The zero-order valence-corrected chi connectivity index (χ0v) is 12.3. The van der Waals surface area contributed by atoms with Gasteiger partial charge in [-0.15, -0.1) is 0 Å². The summed E-state index contributed by atoms with van der Waals surface area (Å²) in [6, 6.07) is 10.3. The van der Waals surface area contributed by atoms with Gasteiger partial charge in [0.1, 0.15) is 11.6 Å². The van der Waals surface area contributed by atoms with Crippen molar-refractivity contribution in [2.24, 2.45) is 0 Å². The first-order chi connectivity index (χ1) is 9.47. The molecule has 0 heterocycles. The molecule has 20 heavy (non-hydrogen) atoms. The standard InChI is InChI=1S/C15H13BrFNO2/c1-9(10-3-2-4-12(17)7-10)18-15(20)13-6-5-11(16)8-14(13)19/h2-9,19H,1H3,(H,18,20). The summed E-state index contributed by atoms with van der Waals surface area (Å²) in [7, 11) is 0. The highest BCUT2D eigenvalue weighted by Gasteiger charge is 2.15. The number of carbonyl (C=O) groups excluding carboxylic acids is 1. The van der Waals surface area contributed by atoms with E-state index in [4.69, 9.17) is 0 Å². The van der Waals surface area contributed by atoms with Crippen LogP contribution in [0.3, 0.4) is 0 Å². The van der Waals surface area contributed by atoms with Gasteiger partial charge in [-0.1, -0.05) is 28.1 Å². The first-order valence-electron chi connectivity index (χ1n) is 6.02. The number of aromatic hydroxyl groups is 1. The van der Waals surface area contributed by atoms with Crippen LogP contribution in [0.4, 0.5) is 4.39 Å². The Kier molecular flexibility index (Phi) is 4.39. The summed E-state index contributed by atoms with van der Waals surface area (Å²) in [5.41, 5.74) is 0.839. The number of benzene rings is 2. The molecule has 0 aliphatic heterocycles. The maximum absolute atomic E-state index is 13.1. The zero-order valence-electron chi connectivity index (χ0n) is 10.7. The van der Waals surface area contributed by atoms with E-state index in [1.807, 2.05) is 0 Å². The second-order valence-electron chi connectivity index (χ2n) is 4.41. The van der Waals surface area contributed by atoms with E-state index in [1.54, 1.807) is 25.1 Å². The lowest BCUT2D eigenvalue weighted by Gasteiger charge is -2.15. The van der Waals surface area contributed by atoms with E-state index in [0.717, 1.165) is 0 Å². The van der Waals surface area contributed by atoms with E-state index >= 15 is 0 Å². The van der Waals surface area contributed by atoms with E-state index in [2.05, 4.69) is 21.2 Å². The lowest BCUT2D eigenvalue weighted by molar-refractivity contribution is 0.0937. The average molecular weight is 338 g/mol. The van der Waals surface area contributed by atoms with Crippen LogP contribution in [0.2, 0.25) is 0 Å². The molecular formula is C15H13BrFNO2.